The molecule has 0 radical (unpaired) electrons. The molecule has 0 aliphatic rings. The van der Waals surface area contributed by atoms with Crippen molar-refractivity contribution in [1.29, 1.82) is 0 Å². The summed E-state index contributed by atoms with van der Waals surface area (Å²) in [7, 11) is 1.37. The zero-order valence-electron chi connectivity index (χ0n) is 14.6. The molecule has 0 saturated heterocycles. The Kier molecular flexibility index (Phi) is 6.76. The third-order valence-corrected chi connectivity index (χ3v) is 3.22. The predicted octanol–water partition coefficient (Wildman–Crippen LogP) is 1.75. The Morgan fingerprint density at radius 2 is 1.71 bits per heavy atom. The van der Waals surface area contributed by atoms with Gasteiger partial charge in [0.1, 0.15) is 5.75 Å². The lowest BCUT2D eigenvalue weighted by atomic mass is 9.87. The van der Waals surface area contributed by atoms with Gasteiger partial charge in [-0.2, -0.15) is 0 Å². The van der Waals surface area contributed by atoms with Gasteiger partial charge in [0.15, 0.2) is 12.7 Å². The molecule has 3 amide bonds. The van der Waals surface area contributed by atoms with Crippen LogP contribution >= 0.6 is 0 Å². The molecule has 7 nitrogen and oxygen atoms in total. The fourth-order valence-corrected chi connectivity index (χ4v) is 1.75. The lowest BCUT2D eigenvalue weighted by Crippen LogP contribution is -2.43. The van der Waals surface area contributed by atoms with Crippen LogP contribution in [0, 0.1) is 0 Å². The quantitative estimate of drug-likeness (QED) is 0.799. The number of imide groups is 1. The second-order valence-electron chi connectivity index (χ2n) is 6.26. The topological polar surface area (TPSA) is 93.7 Å². The molecule has 0 fully saturated rings. The van der Waals surface area contributed by atoms with Crippen LogP contribution in [0.15, 0.2) is 24.3 Å². The molecule has 0 heterocycles. The van der Waals surface area contributed by atoms with Crippen molar-refractivity contribution in [3.63, 3.8) is 0 Å². The minimum Gasteiger partial charge on any atom is -0.482 e. The van der Waals surface area contributed by atoms with Crippen LogP contribution in [0.3, 0.4) is 0 Å². The fraction of sp³-hybridized carbons (Fsp3) is 0.471. The summed E-state index contributed by atoms with van der Waals surface area (Å²) in [5, 5.41) is 4.25. The number of ether oxygens (including phenoxy) is 2. The van der Waals surface area contributed by atoms with E-state index >= 15 is 0 Å². The summed E-state index contributed by atoms with van der Waals surface area (Å²) in [4.78, 5) is 34.3. The molecule has 132 valence electrons. The van der Waals surface area contributed by atoms with Crippen molar-refractivity contribution in [2.45, 2.75) is 39.2 Å². The van der Waals surface area contributed by atoms with E-state index < -0.39 is 24.0 Å². The Hall–Kier alpha value is -2.57. The van der Waals surface area contributed by atoms with E-state index in [2.05, 4.69) is 26.1 Å². The number of carbonyl (C=O) groups is 3. The second-order valence-corrected chi connectivity index (χ2v) is 6.26. The number of rotatable bonds is 5. The van der Waals surface area contributed by atoms with E-state index in [0.717, 1.165) is 5.56 Å². The number of amides is 3. The summed E-state index contributed by atoms with van der Waals surface area (Å²) in [6.07, 6.45) is -1.10. The van der Waals surface area contributed by atoms with E-state index in [9.17, 15) is 14.4 Å². The molecular formula is C17H24N2O5. The second kappa shape index (κ2) is 8.33. The van der Waals surface area contributed by atoms with Crippen molar-refractivity contribution in [3.05, 3.63) is 29.8 Å². The van der Waals surface area contributed by atoms with Crippen LogP contribution in [0.2, 0.25) is 0 Å². The van der Waals surface area contributed by atoms with Gasteiger partial charge in [-0.05, 0) is 30.0 Å². The summed E-state index contributed by atoms with van der Waals surface area (Å²) < 4.78 is 10.2. The van der Waals surface area contributed by atoms with Crippen LogP contribution in [0.1, 0.15) is 33.3 Å². The van der Waals surface area contributed by atoms with Crippen LogP contribution in [0.4, 0.5) is 4.79 Å². The van der Waals surface area contributed by atoms with E-state index in [1.165, 1.54) is 14.0 Å². The highest BCUT2D eigenvalue weighted by molar-refractivity contribution is 5.97. The standard InChI is InChI=1S/C17H24N2O5/c1-11(15(21)19-16(22)18-5)24-14(20)10-23-13-8-6-12(7-9-13)17(2,3)4/h6-9,11H,10H2,1-5H3,(H2,18,19,21,22)/t11-/m0/s1. The maximum absolute atomic E-state index is 11.7. The van der Waals surface area contributed by atoms with E-state index in [4.69, 9.17) is 9.47 Å². The maximum Gasteiger partial charge on any atom is 0.344 e. The van der Waals surface area contributed by atoms with Crippen molar-refractivity contribution in [2.24, 2.45) is 0 Å². The molecule has 0 aliphatic heterocycles. The predicted molar refractivity (Wildman–Crippen MR) is 88.8 cm³/mol. The molecule has 0 aliphatic carbocycles. The average molecular weight is 336 g/mol. The molecule has 1 aromatic rings. The maximum atomic E-state index is 11.7. The summed E-state index contributed by atoms with van der Waals surface area (Å²) in [6, 6.07) is 6.74. The smallest absolute Gasteiger partial charge is 0.344 e. The third kappa shape index (κ3) is 6.28. The Balaban J connectivity index is 2.46. The summed E-state index contributed by atoms with van der Waals surface area (Å²) in [5.74, 6) is -0.880. The number of hydrogen-bond acceptors (Lipinski definition) is 5. The molecular weight excluding hydrogens is 312 g/mol. The number of benzene rings is 1. The van der Waals surface area contributed by atoms with Gasteiger partial charge in [-0.15, -0.1) is 0 Å². The number of nitrogens with one attached hydrogen (secondary N) is 2. The van der Waals surface area contributed by atoms with Gasteiger partial charge in [-0.1, -0.05) is 32.9 Å². The van der Waals surface area contributed by atoms with Crippen LogP contribution in [-0.2, 0) is 19.7 Å². The molecule has 0 aromatic heterocycles. The highest BCUT2D eigenvalue weighted by Gasteiger charge is 2.20. The summed E-state index contributed by atoms with van der Waals surface area (Å²) >= 11 is 0. The number of urea groups is 1. The van der Waals surface area contributed by atoms with Gasteiger partial charge in [0.25, 0.3) is 5.91 Å². The Morgan fingerprint density at radius 1 is 1.12 bits per heavy atom. The van der Waals surface area contributed by atoms with Crippen molar-refractivity contribution >= 4 is 17.9 Å². The van der Waals surface area contributed by atoms with Crippen molar-refractivity contribution in [3.8, 4) is 5.75 Å². The average Bonchev–Trinajstić information content (AvgIpc) is 2.52. The van der Waals surface area contributed by atoms with Gasteiger partial charge in [-0.3, -0.25) is 10.1 Å². The minimum absolute atomic E-state index is 0.0328. The zero-order chi connectivity index (χ0) is 18.3. The lowest BCUT2D eigenvalue weighted by Gasteiger charge is -2.19. The number of carbonyl (C=O) groups excluding carboxylic acids is 3. The first-order valence-corrected chi connectivity index (χ1v) is 7.59. The molecule has 1 rings (SSSR count). The van der Waals surface area contributed by atoms with E-state index in [0.29, 0.717) is 5.75 Å². The van der Waals surface area contributed by atoms with Gasteiger partial charge in [0.2, 0.25) is 0 Å². The number of esters is 1. The van der Waals surface area contributed by atoms with Crippen molar-refractivity contribution < 1.29 is 23.9 Å². The normalized spacial score (nSPS) is 12.0. The molecule has 24 heavy (non-hydrogen) atoms. The molecule has 0 spiro atoms. The minimum atomic E-state index is -1.10. The Labute approximate surface area is 141 Å². The lowest BCUT2D eigenvalue weighted by molar-refractivity contribution is -0.156. The van der Waals surface area contributed by atoms with E-state index in [1.807, 2.05) is 17.4 Å². The molecule has 2 N–H and O–H groups in total. The summed E-state index contributed by atoms with van der Waals surface area (Å²) in [6.45, 7) is 7.35. The summed E-state index contributed by atoms with van der Waals surface area (Å²) in [5.41, 5.74) is 1.18. The van der Waals surface area contributed by atoms with Crippen molar-refractivity contribution in [2.75, 3.05) is 13.7 Å². The number of hydrogen-bond donors (Lipinski definition) is 2. The largest absolute Gasteiger partial charge is 0.482 e. The van der Waals surface area contributed by atoms with E-state index in [-0.39, 0.29) is 12.0 Å². The van der Waals surface area contributed by atoms with Crippen LogP contribution in [0.25, 0.3) is 0 Å². The van der Waals surface area contributed by atoms with Gasteiger partial charge < -0.3 is 14.8 Å². The van der Waals surface area contributed by atoms with Gasteiger partial charge in [-0.25, -0.2) is 9.59 Å². The van der Waals surface area contributed by atoms with Crippen LogP contribution < -0.4 is 15.4 Å². The molecule has 0 bridgehead atoms. The van der Waals surface area contributed by atoms with Gasteiger partial charge >= 0.3 is 12.0 Å². The molecule has 0 unspecified atom stereocenters. The fourth-order valence-electron chi connectivity index (χ4n) is 1.75. The third-order valence-electron chi connectivity index (χ3n) is 3.22. The van der Waals surface area contributed by atoms with Crippen LogP contribution in [-0.4, -0.2) is 37.7 Å². The van der Waals surface area contributed by atoms with Crippen LogP contribution in [0.5, 0.6) is 5.75 Å². The molecule has 1 aromatic carbocycles. The van der Waals surface area contributed by atoms with Crippen molar-refractivity contribution in [1.82, 2.24) is 10.6 Å². The first-order valence-electron chi connectivity index (χ1n) is 7.59. The molecule has 1 atom stereocenters. The monoisotopic (exact) mass is 336 g/mol. The Morgan fingerprint density at radius 3 is 2.21 bits per heavy atom. The highest BCUT2D eigenvalue weighted by atomic mass is 16.6. The van der Waals surface area contributed by atoms with Gasteiger partial charge in [0, 0.05) is 7.05 Å². The highest BCUT2D eigenvalue weighted by Crippen LogP contribution is 2.24. The van der Waals surface area contributed by atoms with E-state index in [1.54, 1.807) is 12.1 Å². The zero-order valence-corrected chi connectivity index (χ0v) is 14.6. The molecule has 7 heteroatoms. The first-order chi connectivity index (χ1) is 11.1. The van der Waals surface area contributed by atoms with Gasteiger partial charge in [0.05, 0.1) is 0 Å². The first kappa shape index (κ1) is 19.5. The SMILES string of the molecule is CNC(=O)NC(=O)[C@H](C)OC(=O)COc1ccc(C(C)(C)C)cc1. The Bertz CT molecular complexity index is 590. The molecule has 0 saturated carbocycles.